The van der Waals surface area contributed by atoms with E-state index in [0.717, 1.165) is 51.2 Å². The number of thioether (sulfide) groups is 1. The number of nitrogens with zero attached hydrogens (tertiary/aromatic N) is 3. The first-order valence-corrected chi connectivity index (χ1v) is 11.1. The molecule has 0 aromatic carbocycles. The fourth-order valence-electron chi connectivity index (χ4n) is 4.84. The van der Waals surface area contributed by atoms with Gasteiger partial charge >= 0.3 is 0 Å². The van der Waals surface area contributed by atoms with Crippen LogP contribution in [0.5, 0.6) is 0 Å². The Kier molecular flexibility index (Phi) is 4.80. The van der Waals surface area contributed by atoms with E-state index in [2.05, 4.69) is 11.0 Å². The van der Waals surface area contributed by atoms with Gasteiger partial charge in [0.15, 0.2) is 0 Å². The van der Waals surface area contributed by atoms with Crippen LogP contribution < -0.4 is 5.56 Å². The molecule has 4 aliphatic rings. The molecule has 8 heteroatoms. The van der Waals surface area contributed by atoms with Gasteiger partial charge < -0.3 is 14.2 Å². The number of rotatable bonds is 3. The van der Waals surface area contributed by atoms with E-state index in [-0.39, 0.29) is 17.6 Å². The standard InChI is InChI=1S/C20H23N3O3S2/c24-18-5-1-4-16-14-7-13(9-22(16)18)8-21(10-14)12-17-19(25)23(20(27)28-17)11-15-3-2-6-26-15/h1,4-5,12-15H,2-3,6-11H2/b17-12-/t13-,14+,15?/m1/s1. The van der Waals surface area contributed by atoms with Crippen LogP contribution in [0.25, 0.3) is 0 Å². The van der Waals surface area contributed by atoms with Gasteiger partial charge in [-0.15, -0.1) is 0 Å². The zero-order chi connectivity index (χ0) is 19.3. The minimum atomic E-state index is -0.00199. The highest BCUT2D eigenvalue weighted by Crippen LogP contribution is 2.37. The molecule has 1 aromatic rings. The van der Waals surface area contributed by atoms with Gasteiger partial charge in [0.1, 0.15) is 4.32 Å². The summed E-state index contributed by atoms with van der Waals surface area (Å²) in [5.41, 5.74) is 1.21. The number of piperidine rings is 1. The molecule has 3 saturated heterocycles. The van der Waals surface area contributed by atoms with E-state index in [0.29, 0.717) is 27.6 Å². The van der Waals surface area contributed by atoms with Gasteiger partial charge in [0.2, 0.25) is 0 Å². The summed E-state index contributed by atoms with van der Waals surface area (Å²) >= 11 is 6.85. The lowest BCUT2D eigenvalue weighted by molar-refractivity contribution is -0.123. The summed E-state index contributed by atoms with van der Waals surface area (Å²) < 4.78 is 8.22. The second-order valence-corrected chi connectivity index (χ2v) is 9.74. The molecule has 2 bridgehead atoms. The molecule has 3 fully saturated rings. The summed E-state index contributed by atoms with van der Waals surface area (Å²) in [5.74, 6) is 0.757. The number of ether oxygens (including phenoxy) is 1. The topological polar surface area (TPSA) is 54.8 Å². The molecule has 28 heavy (non-hydrogen) atoms. The van der Waals surface area contributed by atoms with Crippen molar-refractivity contribution in [3.8, 4) is 0 Å². The average Bonchev–Trinajstić information content (AvgIpc) is 3.27. The van der Waals surface area contributed by atoms with Crippen molar-refractivity contribution >= 4 is 34.2 Å². The molecular formula is C20H23N3O3S2. The van der Waals surface area contributed by atoms with E-state index in [1.165, 1.54) is 11.8 Å². The van der Waals surface area contributed by atoms with Gasteiger partial charge in [0.25, 0.3) is 11.5 Å². The molecule has 1 amide bonds. The summed E-state index contributed by atoms with van der Waals surface area (Å²) in [6.07, 6.45) is 5.24. The Hall–Kier alpha value is -1.64. The minimum absolute atomic E-state index is 0.00199. The maximum absolute atomic E-state index is 12.9. The zero-order valence-electron chi connectivity index (χ0n) is 15.6. The van der Waals surface area contributed by atoms with Crippen LogP contribution in [0, 0.1) is 5.92 Å². The first-order chi connectivity index (χ1) is 13.6. The lowest BCUT2D eigenvalue weighted by atomic mass is 9.83. The van der Waals surface area contributed by atoms with Gasteiger partial charge in [-0.3, -0.25) is 14.5 Å². The molecule has 5 heterocycles. The molecule has 0 N–H and O–H groups in total. The number of pyridine rings is 1. The smallest absolute Gasteiger partial charge is 0.267 e. The van der Waals surface area contributed by atoms with E-state index in [1.54, 1.807) is 11.0 Å². The number of hydrogen-bond acceptors (Lipinski definition) is 6. The number of hydrogen-bond donors (Lipinski definition) is 0. The number of thiocarbonyl (C=S) groups is 1. The summed E-state index contributed by atoms with van der Waals surface area (Å²) in [6, 6.07) is 5.55. The SMILES string of the molecule is O=C1/C(=C/N2C[C@H]3C[C@@H](C2)c2cccc(=O)n2C3)SC(=S)N1CC1CCCO1. The van der Waals surface area contributed by atoms with Crippen molar-refractivity contribution in [3.05, 3.63) is 45.4 Å². The van der Waals surface area contributed by atoms with E-state index in [1.807, 2.05) is 16.8 Å². The zero-order valence-corrected chi connectivity index (χ0v) is 17.2. The van der Waals surface area contributed by atoms with Crippen LogP contribution in [-0.2, 0) is 16.1 Å². The number of likely N-dealkylation sites (tertiary alicyclic amines) is 1. The third kappa shape index (κ3) is 3.31. The number of fused-ring (bicyclic) bond motifs is 4. The summed E-state index contributed by atoms with van der Waals surface area (Å²) in [4.78, 5) is 29.7. The quantitative estimate of drug-likeness (QED) is 0.555. The normalized spacial score (nSPS) is 31.0. The van der Waals surface area contributed by atoms with Gasteiger partial charge in [-0.25, -0.2) is 0 Å². The Morgan fingerprint density at radius 1 is 1.25 bits per heavy atom. The Morgan fingerprint density at radius 3 is 2.96 bits per heavy atom. The molecule has 0 radical (unpaired) electrons. The molecule has 148 valence electrons. The summed E-state index contributed by atoms with van der Waals surface area (Å²) in [7, 11) is 0. The number of carbonyl (C=O) groups excluding carboxylic acids is 1. The number of amides is 1. The maximum Gasteiger partial charge on any atom is 0.267 e. The van der Waals surface area contributed by atoms with Crippen LogP contribution >= 0.6 is 24.0 Å². The lowest BCUT2D eigenvalue weighted by Crippen LogP contribution is -2.45. The van der Waals surface area contributed by atoms with E-state index in [4.69, 9.17) is 17.0 Å². The van der Waals surface area contributed by atoms with E-state index in [9.17, 15) is 9.59 Å². The van der Waals surface area contributed by atoms with Crippen LogP contribution in [0.15, 0.2) is 34.1 Å². The highest BCUT2D eigenvalue weighted by molar-refractivity contribution is 8.26. The minimum Gasteiger partial charge on any atom is -0.376 e. The monoisotopic (exact) mass is 417 g/mol. The van der Waals surface area contributed by atoms with Crippen molar-refractivity contribution in [1.29, 1.82) is 0 Å². The van der Waals surface area contributed by atoms with Crippen molar-refractivity contribution in [2.45, 2.75) is 37.8 Å². The van der Waals surface area contributed by atoms with Crippen LogP contribution in [-0.4, -0.2) is 56.9 Å². The summed E-state index contributed by atoms with van der Waals surface area (Å²) in [5, 5.41) is 0. The maximum atomic E-state index is 12.9. The molecule has 4 aliphatic heterocycles. The fraction of sp³-hybridized carbons (Fsp3) is 0.550. The second kappa shape index (κ2) is 7.31. The Labute approximate surface area is 173 Å². The largest absolute Gasteiger partial charge is 0.376 e. The van der Waals surface area contributed by atoms with Crippen LogP contribution in [0.2, 0.25) is 0 Å². The third-order valence-corrected chi connectivity index (χ3v) is 7.46. The molecule has 0 saturated carbocycles. The van der Waals surface area contributed by atoms with E-state index < -0.39 is 0 Å². The summed E-state index contributed by atoms with van der Waals surface area (Å²) in [6.45, 7) is 3.79. The Morgan fingerprint density at radius 2 is 2.14 bits per heavy atom. The molecule has 3 atom stereocenters. The van der Waals surface area contributed by atoms with Crippen molar-refractivity contribution in [1.82, 2.24) is 14.4 Å². The van der Waals surface area contributed by atoms with Gasteiger partial charge in [-0.2, -0.15) is 0 Å². The highest BCUT2D eigenvalue weighted by Gasteiger charge is 2.37. The molecule has 5 rings (SSSR count). The van der Waals surface area contributed by atoms with Crippen LogP contribution in [0.1, 0.15) is 30.9 Å². The van der Waals surface area contributed by atoms with Gasteiger partial charge in [-0.05, 0) is 31.2 Å². The molecule has 0 spiro atoms. The van der Waals surface area contributed by atoms with Crippen molar-refractivity contribution in [2.75, 3.05) is 26.2 Å². The Balaban J connectivity index is 1.32. The molecule has 0 aliphatic carbocycles. The predicted octanol–water partition coefficient (Wildman–Crippen LogP) is 2.15. The van der Waals surface area contributed by atoms with Gasteiger partial charge in [0, 0.05) is 50.1 Å². The van der Waals surface area contributed by atoms with Gasteiger partial charge in [0.05, 0.1) is 17.6 Å². The first kappa shape index (κ1) is 18.4. The van der Waals surface area contributed by atoms with Crippen molar-refractivity contribution in [2.24, 2.45) is 5.92 Å². The fourth-order valence-corrected chi connectivity index (χ4v) is 6.13. The first-order valence-electron chi connectivity index (χ1n) is 9.89. The van der Waals surface area contributed by atoms with Gasteiger partial charge in [-0.1, -0.05) is 30.0 Å². The molecule has 6 nitrogen and oxygen atoms in total. The molecule has 1 aromatic heterocycles. The predicted molar refractivity (Wildman–Crippen MR) is 112 cm³/mol. The Bertz CT molecular complexity index is 906. The van der Waals surface area contributed by atoms with Crippen LogP contribution in [0.4, 0.5) is 0 Å². The van der Waals surface area contributed by atoms with Crippen LogP contribution in [0.3, 0.4) is 0 Å². The van der Waals surface area contributed by atoms with Crippen molar-refractivity contribution < 1.29 is 9.53 Å². The number of carbonyl (C=O) groups is 1. The van der Waals surface area contributed by atoms with Crippen molar-refractivity contribution in [3.63, 3.8) is 0 Å². The highest BCUT2D eigenvalue weighted by atomic mass is 32.2. The second-order valence-electron chi connectivity index (χ2n) is 8.06. The molecular weight excluding hydrogens is 394 g/mol. The van der Waals surface area contributed by atoms with E-state index >= 15 is 0 Å². The number of aromatic nitrogens is 1. The average molecular weight is 418 g/mol. The third-order valence-electron chi connectivity index (χ3n) is 6.09. The molecule has 1 unspecified atom stereocenters. The lowest BCUT2D eigenvalue weighted by Gasteiger charge is -2.42.